The number of nitriles is 1. The van der Waals surface area contributed by atoms with Gasteiger partial charge in [-0.3, -0.25) is 0 Å². The Kier molecular flexibility index (Phi) is 3.40. The van der Waals surface area contributed by atoms with Crippen LogP contribution in [0.15, 0.2) is 24.3 Å². The molecule has 1 saturated heterocycles. The van der Waals surface area contributed by atoms with E-state index in [0.29, 0.717) is 0 Å². The van der Waals surface area contributed by atoms with Gasteiger partial charge in [-0.2, -0.15) is 17.0 Å². The van der Waals surface area contributed by atoms with Gasteiger partial charge in [0.1, 0.15) is 5.54 Å². The number of rotatable bonds is 2. The summed E-state index contributed by atoms with van der Waals surface area (Å²) in [5, 5.41) is 12.7. The van der Waals surface area contributed by atoms with Gasteiger partial charge >= 0.3 is 0 Å². The van der Waals surface area contributed by atoms with E-state index in [9.17, 15) is 5.26 Å². The Morgan fingerprint density at radius 1 is 1.50 bits per heavy atom. The van der Waals surface area contributed by atoms with E-state index in [-0.39, 0.29) is 5.54 Å². The molecule has 0 amide bonds. The molecule has 84 valence electrons. The highest BCUT2D eigenvalue weighted by atomic mass is 32.2. The van der Waals surface area contributed by atoms with Crippen LogP contribution in [-0.2, 0) is 0 Å². The van der Waals surface area contributed by atoms with Crippen molar-refractivity contribution in [1.82, 2.24) is 0 Å². The van der Waals surface area contributed by atoms with Crippen LogP contribution in [0.2, 0.25) is 0 Å². The van der Waals surface area contributed by atoms with Gasteiger partial charge in [0.2, 0.25) is 0 Å². The zero-order chi connectivity index (χ0) is 11.4. The summed E-state index contributed by atoms with van der Waals surface area (Å²) in [5.41, 5.74) is 1.92. The summed E-state index contributed by atoms with van der Waals surface area (Å²) in [7, 11) is 0. The van der Waals surface area contributed by atoms with Gasteiger partial charge in [0.25, 0.3) is 0 Å². The molecule has 0 aromatic heterocycles. The van der Waals surface area contributed by atoms with Crippen LogP contribution in [0, 0.1) is 18.3 Å². The predicted octanol–water partition coefficient (Wildman–Crippen LogP) is 3.20. The van der Waals surface area contributed by atoms with Crippen molar-refractivity contribution in [1.29, 1.82) is 5.26 Å². The van der Waals surface area contributed by atoms with E-state index in [2.05, 4.69) is 30.4 Å². The predicted molar refractivity (Wildman–Crippen MR) is 69.7 cm³/mol. The fourth-order valence-corrected chi connectivity index (χ4v) is 3.13. The average molecular weight is 232 g/mol. The van der Waals surface area contributed by atoms with Crippen LogP contribution in [0.4, 0.5) is 5.69 Å². The molecule has 1 fully saturated rings. The second-order valence-electron chi connectivity index (χ2n) is 4.34. The summed E-state index contributed by atoms with van der Waals surface area (Å²) in [6.07, 6.45) is 2.07. The van der Waals surface area contributed by atoms with E-state index in [1.807, 2.05) is 23.9 Å². The molecule has 0 bridgehead atoms. The van der Waals surface area contributed by atoms with E-state index in [4.69, 9.17) is 0 Å². The normalized spacial score (nSPS) is 24.8. The molecule has 2 nitrogen and oxygen atoms in total. The number of thioether (sulfide) groups is 1. The van der Waals surface area contributed by atoms with Gasteiger partial charge in [0, 0.05) is 11.4 Å². The second-order valence-corrected chi connectivity index (χ2v) is 5.45. The first-order valence-electron chi connectivity index (χ1n) is 5.58. The fourth-order valence-electron chi connectivity index (χ4n) is 2.01. The monoisotopic (exact) mass is 232 g/mol. The van der Waals surface area contributed by atoms with E-state index in [1.165, 1.54) is 11.3 Å². The van der Waals surface area contributed by atoms with Crippen LogP contribution in [-0.4, -0.2) is 17.0 Å². The van der Waals surface area contributed by atoms with Crippen LogP contribution in [0.25, 0.3) is 0 Å². The number of benzene rings is 1. The van der Waals surface area contributed by atoms with Crippen molar-refractivity contribution in [3.05, 3.63) is 29.8 Å². The molecule has 16 heavy (non-hydrogen) atoms. The zero-order valence-corrected chi connectivity index (χ0v) is 10.3. The minimum atomic E-state index is -0.364. The molecule has 1 atom stereocenters. The third kappa shape index (κ3) is 2.51. The Hall–Kier alpha value is -1.14. The van der Waals surface area contributed by atoms with Gasteiger partial charge in [-0.25, -0.2) is 0 Å². The number of hydrogen-bond donors (Lipinski definition) is 1. The first-order valence-corrected chi connectivity index (χ1v) is 6.73. The molecule has 1 N–H and O–H groups in total. The maximum absolute atomic E-state index is 9.35. The summed E-state index contributed by atoms with van der Waals surface area (Å²) in [6, 6.07) is 10.7. The van der Waals surface area contributed by atoms with Crippen molar-refractivity contribution in [2.45, 2.75) is 25.3 Å². The van der Waals surface area contributed by atoms with Crippen LogP contribution < -0.4 is 5.32 Å². The number of aryl methyl sites for hydroxylation is 1. The quantitative estimate of drug-likeness (QED) is 0.850. The molecule has 0 radical (unpaired) electrons. The Labute approximate surface area is 101 Å². The minimum Gasteiger partial charge on any atom is -0.367 e. The Morgan fingerprint density at radius 2 is 2.38 bits per heavy atom. The molecule has 1 unspecified atom stereocenters. The van der Waals surface area contributed by atoms with Crippen LogP contribution in [0.3, 0.4) is 0 Å². The number of nitrogens with zero attached hydrogens (tertiary/aromatic N) is 1. The SMILES string of the molecule is Cc1cccc(NC2(C#N)CCCSC2)c1. The van der Waals surface area contributed by atoms with Crippen molar-refractivity contribution in [3.63, 3.8) is 0 Å². The van der Waals surface area contributed by atoms with Gasteiger partial charge in [-0.15, -0.1) is 0 Å². The topological polar surface area (TPSA) is 35.8 Å². The Bertz CT molecular complexity index is 403. The van der Waals surface area contributed by atoms with Gasteiger partial charge < -0.3 is 5.32 Å². The average Bonchev–Trinajstić information content (AvgIpc) is 2.30. The van der Waals surface area contributed by atoms with Gasteiger partial charge in [-0.1, -0.05) is 12.1 Å². The first-order chi connectivity index (χ1) is 7.74. The second kappa shape index (κ2) is 4.80. The lowest BCUT2D eigenvalue weighted by Crippen LogP contribution is -2.41. The number of hydrogen-bond acceptors (Lipinski definition) is 3. The van der Waals surface area contributed by atoms with Crippen LogP contribution in [0.1, 0.15) is 18.4 Å². The third-order valence-corrected chi connectivity index (χ3v) is 4.13. The molecule has 1 aliphatic rings. The lowest BCUT2D eigenvalue weighted by molar-refractivity contribution is 0.576. The Morgan fingerprint density at radius 3 is 3.00 bits per heavy atom. The first kappa shape index (κ1) is 11.3. The maximum atomic E-state index is 9.35. The maximum Gasteiger partial charge on any atom is 0.134 e. The molecule has 1 heterocycles. The summed E-state index contributed by atoms with van der Waals surface area (Å²) in [5.74, 6) is 2.07. The molecule has 0 spiro atoms. The van der Waals surface area contributed by atoms with Gasteiger partial charge in [0.05, 0.1) is 6.07 Å². The van der Waals surface area contributed by atoms with E-state index in [1.54, 1.807) is 0 Å². The highest BCUT2D eigenvalue weighted by Crippen LogP contribution is 2.29. The third-order valence-electron chi connectivity index (χ3n) is 2.86. The lowest BCUT2D eigenvalue weighted by Gasteiger charge is -2.32. The van der Waals surface area contributed by atoms with Crippen LogP contribution >= 0.6 is 11.8 Å². The van der Waals surface area contributed by atoms with E-state index >= 15 is 0 Å². The number of anilines is 1. The molecule has 3 heteroatoms. The Balaban J connectivity index is 2.15. The lowest BCUT2D eigenvalue weighted by atomic mass is 9.96. The van der Waals surface area contributed by atoms with Crippen molar-refractivity contribution in [2.24, 2.45) is 0 Å². The largest absolute Gasteiger partial charge is 0.367 e. The molecular weight excluding hydrogens is 216 g/mol. The highest BCUT2D eigenvalue weighted by molar-refractivity contribution is 7.99. The molecule has 0 aliphatic carbocycles. The zero-order valence-electron chi connectivity index (χ0n) is 9.49. The van der Waals surface area contributed by atoms with Gasteiger partial charge in [-0.05, 0) is 43.2 Å². The summed E-state index contributed by atoms with van der Waals surface area (Å²) in [4.78, 5) is 0. The smallest absolute Gasteiger partial charge is 0.134 e. The summed E-state index contributed by atoms with van der Waals surface area (Å²) < 4.78 is 0. The van der Waals surface area contributed by atoms with Gasteiger partial charge in [0.15, 0.2) is 0 Å². The molecular formula is C13H16N2S. The van der Waals surface area contributed by atoms with Crippen molar-refractivity contribution < 1.29 is 0 Å². The van der Waals surface area contributed by atoms with Crippen molar-refractivity contribution in [2.75, 3.05) is 16.8 Å². The molecule has 0 saturated carbocycles. The van der Waals surface area contributed by atoms with Crippen molar-refractivity contribution >= 4 is 17.4 Å². The highest BCUT2D eigenvalue weighted by Gasteiger charge is 2.32. The summed E-state index contributed by atoms with van der Waals surface area (Å²) >= 11 is 1.86. The molecule has 1 aliphatic heterocycles. The summed E-state index contributed by atoms with van der Waals surface area (Å²) in [6.45, 7) is 2.07. The van der Waals surface area contributed by atoms with Crippen LogP contribution in [0.5, 0.6) is 0 Å². The fraction of sp³-hybridized carbons (Fsp3) is 0.462. The van der Waals surface area contributed by atoms with Crippen molar-refractivity contribution in [3.8, 4) is 6.07 Å². The molecule has 1 aromatic rings. The van der Waals surface area contributed by atoms with E-state index < -0.39 is 0 Å². The molecule has 1 aromatic carbocycles. The minimum absolute atomic E-state index is 0.364. The number of nitrogens with one attached hydrogen (secondary N) is 1. The molecule has 2 rings (SSSR count). The van der Waals surface area contributed by atoms with E-state index in [0.717, 1.165) is 24.3 Å². The standard InChI is InChI=1S/C13H16N2S/c1-11-4-2-5-12(8-11)15-13(9-14)6-3-7-16-10-13/h2,4-5,8,15H,3,6-7,10H2,1H3.